The maximum Gasteiger partial charge on any atom is 0.328 e. The summed E-state index contributed by atoms with van der Waals surface area (Å²) in [7, 11) is 1.44. The highest BCUT2D eigenvalue weighted by Gasteiger charge is 2.04. The first-order chi connectivity index (χ1) is 7.67. The molecule has 0 amide bonds. The summed E-state index contributed by atoms with van der Waals surface area (Å²) in [5.74, 6) is -0.425. The van der Waals surface area contributed by atoms with E-state index < -0.39 is 12.8 Å². The Hall–Kier alpha value is -2.04. The van der Waals surface area contributed by atoms with Gasteiger partial charge >= 0.3 is 5.97 Å². The first-order valence-corrected chi connectivity index (χ1v) is 4.45. The monoisotopic (exact) mass is 226 g/mol. The number of halogens is 1. The molecule has 0 saturated heterocycles. The molecule has 0 atom stereocenters. The standard InChI is InChI=1S/C11H11FO4/c1-15-9-4-2-8(3-5-11(13)14)6-10(9)16-7-12/h2-6H,7H2,1H3,(H,13,14)/b5-3+. The average molecular weight is 226 g/mol. The Morgan fingerprint density at radius 2 is 2.25 bits per heavy atom. The fourth-order valence-electron chi connectivity index (χ4n) is 1.14. The highest BCUT2D eigenvalue weighted by atomic mass is 19.1. The van der Waals surface area contributed by atoms with Crippen molar-refractivity contribution in [3.8, 4) is 11.5 Å². The van der Waals surface area contributed by atoms with E-state index in [9.17, 15) is 9.18 Å². The molecule has 0 bridgehead atoms. The van der Waals surface area contributed by atoms with E-state index in [0.29, 0.717) is 11.3 Å². The number of methoxy groups -OCH3 is 1. The molecular weight excluding hydrogens is 215 g/mol. The Bertz CT molecular complexity index is 401. The second-order valence-electron chi connectivity index (χ2n) is 2.84. The van der Waals surface area contributed by atoms with E-state index in [-0.39, 0.29) is 5.75 Å². The number of alkyl halides is 1. The van der Waals surface area contributed by atoms with Gasteiger partial charge in [0.15, 0.2) is 11.5 Å². The molecule has 4 nitrogen and oxygen atoms in total. The predicted molar refractivity (Wildman–Crippen MR) is 56.3 cm³/mol. The van der Waals surface area contributed by atoms with E-state index in [1.807, 2.05) is 0 Å². The van der Waals surface area contributed by atoms with Gasteiger partial charge in [0.25, 0.3) is 0 Å². The summed E-state index contributed by atoms with van der Waals surface area (Å²) in [5.41, 5.74) is 0.589. The van der Waals surface area contributed by atoms with Crippen LogP contribution in [0.15, 0.2) is 24.3 Å². The lowest BCUT2D eigenvalue weighted by molar-refractivity contribution is -0.131. The lowest BCUT2D eigenvalue weighted by atomic mass is 10.2. The van der Waals surface area contributed by atoms with Crippen LogP contribution in [0.5, 0.6) is 11.5 Å². The molecule has 1 rings (SSSR count). The smallest absolute Gasteiger partial charge is 0.328 e. The van der Waals surface area contributed by atoms with Gasteiger partial charge in [-0.15, -0.1) is 0 Å². The Kier molecular flexibility index (Phi) is 4.32. The third-order valence-corrected chi connectivity index (χ3v) is 1.82. The van der Waals surface area contributed by atoms with Gasteiger partial charge in [-0.2, -0.15) is 0 Å². The van der Waals surface area contributed by atoms with Gasteiger partial charge in [0.05, 0.1) is 7.11 Å². The number of hydrogen-bond donors (Lipinski definition) is 1. The molecule has 0 aliphatic rings. The van der Waals surface area contributed by atoms with Gasteiger partial charge in [0.1, 0.15) is 0 Å². The Morgan fingerprint density at radius 3 is 2.81 bits per heavy atom. The summed E-state index contributed by atoms with van der Waals surface area (Å²) in [4.78, 5) is 10.3. The van der Waals surface area contributed by atoms with Crippen LogP contribution in [0.1, 0.15) is 5.56 Å². The molecule has 0 aliphatic carbocycles. The van der Waals surface area contributed by atoms with Crippen molar-refractivity contribution < 1.29 is 23.8 Å². The first-order valence-electron chi connectivity index (χ1n) is 4.45. The van der Waals surface area contributed by atoms with E-state index >= 15 is 0 Å². The molecule has 1 N–H and O–H groups in total. The zero-order valence-electron chi connectivity index (χ0n) is 8.64. The predicted octanol–water partition coefficient (Wildman–Crippen LogP) is 2.10. The molecule has 0 aliphatic heterocycles. The number of carbonyl (C=O) groups is 1. The summed E-state index contributed by atoms with van der Waals surface area (Å²) in [6.07, 6.45) is 2.37. The van der Waals surface area contributed by atoms with Crippen LogP contribution in [0.2, 0.25) is 0 Å². The largest absolute Gasteiger partial charge is 0.493 e. The fraction of sp³-hybridized carbons (Fsp3) is 0.182. The van der Waals surface area contributed by atoms with Crippen molar-refractivity contribution in [3.63, 3.8) is 0 Å². The van der Waals surface area contributed by atoms with Crippen LogP contribution in [0.3, 0.4) is 0 Å². The second kappa shape index (κ2) is 5.75. The molecule has 1 aromatic carbocycles. The molecule has 0 spiro atoms. The van der Waals surface area contributed by atoms with Crippen LogP contribution in [0.25, 0.3) is 6.08 Å². The summed E-state index contributed by atoms with van der Waals surface area (Å²) < 4.78 is 21.7. The SMILES string of the molecule is COc1ccc(/C=C/C(=O)O)cc1OCF. The minimum absolute atomic E-state index is 0.234. The molecule has 0 unspecified atom stereocenters. The van der Waals surface area contributed by atoms with Crippen LogP contribution in [-0.2, 0) is 4.79 Å². The van der Waals surface area contributed by atoms with Gasteiger partial charge in [-0.25, -0.2) is 9.18 Å². The van der Waals surface area contributed by atoms with Crippen LogP contribution in [0.4, 0.5) is 4.39 Å². The molecule has 0 fully saturated rings. The Labute approximate surface area is 91.9 Å². The minimum atomic E-state index is -1.05. The topological polar surface area (TPSA) is 55.8 Å². The molecule has 1 aromatic rings. The highest BCUT2D eigenvalue weighted by molar-refractivity contribution is 5.85. The number of ether oxygens (including phenoxy) is 2. The molecule has 0 heterocycles. The summed E-state index contributed by atoms with van der Waals surface area (Å²) >= 11 is 0. The normalized spacial score (nSPS) is 10.4. The van der Waals surface area contributed by atoms with Gasteiger partial charge in [-0.3, -0.25) is 0 Å². The summed E-state index contributed by atoms with van der Waals surface area (Å²) in [6.45, 7) is -0.970. The number of benzene rings is 1. The van der Waals surface area contributed by atoms with E-state index in [0.717, 1.165) is 6.08 Å². The number of carboxylic acids is 1. The quantitative estimate of drug-likeness (QED) is 0.781. The van der Waals surface area contributed by atoms with Gasteiger partial charge in [0, 0.05) is 6.08 Å². The van der Waals surface area contributed by atoms with E-state index in [4.69, 9.17) is 14.6 Å². The Balaban J connectivity index is 2.96. The van der Waals surface area contributed by atoms with Crippen LogP contribution >= 0.6 is 0 Å². The van der Waals surface area contributed by atoms with Crippen LogP contribution < -0.4 is 9.47 Å². The molecule has 0 saturated carbocycles. The van der Waals surface area contributed by atoms with Gasteiger partial charge < -0.3 is 14.6 Å². The van der Waals surface area contributed by atoms with Crippen molar-refractivity contribution in [1.82, 2.24) is 0 Å². The van der Waals surface area contributed by atoms with Gasteiger partial charge in [-0.05, 0) is 23.8 Å². The second-order valence-corrected chi connectivity index (χ2v) is 2.84. The maximum atomic E-state index is 12.1. The molecule has 5 heteroatoms. The number of carboxylic acid groups (broad SMARTS) is 1. The first kappa shape index (κ1) is 12.0. The third-order valence-electron chi connectivity index (χ3n) is 1.82. The maximum absolute atomic E-state index is 12.1. The minimum Gasteiger partial charge on any atom is -0.493 e. The van der Waals surface area contributed by atoms with Crippen molar-refractivity contribution >= 4 is 12.0 Å². The van der Waals surface area contributed by atoms with Crippen molar-refractivity contribution in [2.45, 2.75) is 0 Å². The Morgan fingerprint density at radius 1 is 1.50 bits per heavy atom. The molecule has 0 aromatic heterocycles. The third kappa shape index (κ3) is 3.27. The van der Waals surface area contributed by atoms with E-state index in [1.54, 1.807) is 12.1 Å². The molecule has 16 heavy (non-hydrogen) atoms. The van der Waals surface area contributed by atoms with Crippen LogP contribution in [0, 0.1) is 0 Å². The molecule has 86 valence electrons. The lowest BCUT2D eigenvalue weighted by Gasteiger charge is -2.08. The zero-order valence-corrected chi connectivity index (χ0v) is 8.64. The molecular formula is C11H11FO4. The average Bonchev–Trinajstić information content (AvgIpc) is 2.27. The number of aliphatic carboxylic acids is 1. The summed E-state index contributed by atoms with van der Waals surface area (Å²) in [6, 6.07) is 4.72. The van der Waals surface area contributed by atoms with Crippen molar-refractivity contribution in [2.75, 3.05) is 14.0 Å². The highest BCUT2D eigenvalue weighted by Crippen LogP contribution is 2.28. The molecule has 0 radical (unpaired) electrons. The van der Waals surface area contributed by atoms with Crippen molar-refractivity contribution in [3.05, 3.63) is 29.8 Å². The number of rotatable bonds is 5. The van der Waals surface area contributed by atoms with Crippen molar-refractivity contribution in [2.24, 2.45) is 0 Å². The fourth-order valence-corrected chi connectivity index (χ4v) is 1.14. The summed E-state index contributed by atoms with van der Waals surface area (Å²) in [5, 5.41) is 8.45. The van der Waals surface area contributed by atoms with Gasteiger partial charge in [0.2, 0.25) is 6.86 Å². The van der Waals surface area contributed by atoms with Crippen molar-refractivity contribution in [1.29, 1.82) is 0 Å². The van der Waals surface area contributed by atoms with E-state index in [2.05, 4.69) is 0 Å². The zero-order chi connectivity index (χ0) is 12.0. The van der Waals surface area contributed by atoms with Crippen LogP contribution in [-0.4, -0.2) is 25.0 Å². The van der Waals surface area contributed by atoms with Gasteiger partial charge in [-0.1, -0.05) is 6.07 Å². The number of hydrogen-bond acceptors (Lipinski definition) is 3. The van der Waals surface area contributed by atoms with E-state index in [1.165, 1.54) is 19.3 Å². The lowest BCUT2D eigenvalue weighted by Crippen LogP contribution is -1.94.